The van der Waals surface area contributed by atoms with Crippen LogP contribution in [-0.2, 0) is 15.9 Å². The van der Waals surface area contributed by atoms with Gasteiger partial charge in [0, 0.05) is 6.20 Å². The summed E-state index contributed by atoms with van der Waals surface area (Å²) in [5.74, 6) is 0.443. The van der Waals surface area contributed by atoms with E-state index >= 15 is 0 Å². The summed E-state index contributed by atoms with van der Waals surface area (Å²) in [6, 6.07) is 3.62. The van der Waals surface area contributed by atoms with Gasteiger partial charge >= 0.3 is 6.09 Å². The maximum Gasteiger partial charge on any atom is 0.413 e. The number of nitrogens with one attached hydrogen (secondary N) is 1. The molecule has 1 rings (SSSR count). The zero-order valence-corrected chi connectivity index (χ0v) is 12.2. The van der Waals surface area contributed by atoms with Crippen molar-refractivity contribution in [3.63, 3.8) is 0 Å². The van der Waals surface area contributed by atoms with Crippen molar-refractivity contribution in [2.24, 2.45) is 0 Å². The molecule has 0 bridgehead atoms. The number of pyridine rings is 1. The average Bonchev–Trinajstić information content (AvgIpc) is 2.32. The maximum atomic E-state index is 11.6. The lowest BCUT2D eigenvalue weighted by Gasteiger charge is -2.19. The molecule has 0 atom stereocenters. The van der Waals surface area contributed by atoms with Gasteiger partial charge in [-0.25, -0.2) is 9.78 Å². The number of amides is 1. The third-order valence-electron chi connectivity index (χ3n) is 2.22. The predicted molar refractivity (Wildman–Crippen MR) is 75.7 cm³/mol. The minimum absolute atomic E-state index is 0.0157. The molecule has 0 aliphatic rings. The molecular weight excluding hydrogens is 260 g/mol. The molecule has 0 aliphatic heterocycles. The van der Waals surface area contributed by atoms with E-state index in [9.17, 15) is 4.79 Å². The SMILES string of the molecule is CC(C)(C)OC(=O)Nc1cc(CCOCCO)ccn1. The smallest absolute Gasteiger partial charge is 0.413 e. The lowest BCUT2D eigenvalue weighted by Crippen LogP contribution is -2.27. The van der Waals surface area contributed by atoms with E-state index in [-0.39, 0.29) is 6.61 Å². The molecule has 2 N–H and O–H groups in total. The van der Waals surface area contributed by atoms with Crippen LogP contribution in [0.5, 0.6) is 0 Å². The Hall–Kier alpha value is -1.66. The second kappa shape index (κ2) is 7.81. The Kier molecular flexibility index (Phi) is 6.41. The minimum Gasteiger partial charge on any atom is -0.444 e. The molecule has 6 heteroatoms. The number of nitrogens with zero attached hydrogens (tertiary/aromatic N) is 1. The quantitative estimate of drug-likeness (QED) is 0.780. The molecule has 0 aliphatic carbocycles. The Morgan fingerprint density at radius 1 is 1.40 bits per heavy atom. The summed E-state index contributed by atoms with van der Waals surface area (Å²) in [6.07, 6.45) is 1.78. The van der Waals surface area contributed by atoms with Crippen molar-refractivity contribution >= 4 is 11.9 Å². The van der Waals surface area contributed by atoms with Gasteiger partial charge in [0.15, 0.2) is 0 Å². The second-order valence-corrected chi connectivity index (χ2v) is 5.26. The zero-order valence-electron chi connectivity index (χ0n) is 12.2. The summed E-state index contributed by atoms with van der Waals surface area (Å²) >= 11 is 0. The summed E-state index contributed by atoms with van der Waals surface area (Å²) in [5, 5.41) is 11.2. The van der Waals surface area contributed by atoms with Gasteiger partial charge in [-0.2, -0.15) is 0 Å². The summed E-state index contributed by atoms with van der Waals surface area (Å²) in [4.78, 5) is 15.7. The predicted octanol–water partition coefficient (Wildman–Crippen LogP) is 1.98. The molecule has 0 fully saturated rings. The number of carbonyl (C=O) groups excluding carboxylic acids is 1. The number of carbonyl (C=O) groups is 1. The molecule has 0 saturated carbocycles. The number of hydrogen-bond donors (Lipinski definition) is 2. The van der Waals surface area contributed by atoms with Gasteiger partial charge in [-0.1, -0.05) is 0 Å². The summed E-state index contributed by atoms with van der Waals surface area (Å²) in [5.41, 5.74) is 0.448. The second-order valence-electron chi connectivity index (χ2n) is 5.26. The van der Waals surface area contributed by atoms with Crippen LogP contribution in [0.15, 0.2) is 18.3 Å². The first-order chi connectivity index (χ1) is 9.40. The highest BCUT2D eigenvalue weighted by atomic mass is 16.6. The van der Waals surface area contributed by atoms with Crippen LogP contribution in [0.2, 0.25) is 0 Å². The standard InChI is InChI=1S/C14H22N2O4/c1-14(2,3)20-13(18)16-12-10-11(4-6-15-12)5-8-19-9-7-17/h4,6,10,17H,5,7-9H2,1-3H3,(H,15,16,18). The molecule has 20 heavy (non-hydrogen) atoms. The van der Waals surface area contributed by atoms with Crippen LogP contribution >= 0.6 is 0 Å². The molecule has 1 aromatic rings. The Balaban J connectivity index is 2.49. The summed E-state index contributed by atoms with van der Waals surface area (Å²) in [7, 11) is 0. The molecule has 0 unspecified atom stereocenters. The number of ether oxygens (including phenoxy) is 2. The monoisotopic (exact) mass is 282 g/mol. The van der Waals surface area contributed by atoms with Gasteiger partial charge in [0.25, 0.3) is 0 Å². The number of aliphatic hydroxyl groups is 1. The van der Waals surface area contributed by atoms with E-state index in [1.54, 1.807) is 33.0 Å². The van der Waals surface area contributed by atoms with Gasteiger partial charge < -0.3 is 14.6 Å². The van der Waals surface area contributed by atoms with E-state index < -0.39 is 11.7 Å². The number of aromatic nitrogens is 1. The first-order valence-corrected chi connectivity index (χ1v) is 6.54. The highest BCUT2D eigenvalue weighted by molar-refractivity contribution is 5.83. The number of rotatable bonds is 6. The average molecular weight is 282 g/mol. The Morgan fingerprint density at radius 3 is 2.80 bits per heavy atom. The highest BCUT2D eigenvalue weighted by Crippen LogP contribution is 2.11. The van der Waals surface area contributed by atoms with E-state index in [0.717, 1.165) is 5.56 Å². The zero-order chi connectivity index (χ0) is 15.0. The van der Waals surface area contributed by atoms with Gasteiger partial charge in [-0.15, -0.1) is 0 Å². The fourth-order valence-electron chi connectivity index (χ4n) is 1.46. The van der Waals surface area contributed by atoms with Crippen molar-refractivity contribution in [2.45, 2.75) is 32.8 Å². The molecule has 1 amide bonds. The van der Waals surface area contributed by atoms with Crippen LogP contribution in [0.1, 0.15) is 26.3 Å². The molecule has 1 heterocycles. The molecule has 0 saturated heterocycles. The van der Waals surface area contributed by atoms with Crippen LogP contribution in [-0.4, -0.2) is 41.6 Å². The normalized spacial score (nSPS) is 11.2. The van der Waals surface area contributed by atoms with Crippen molar-refractivity contribution in [3.8, 4) is 0 Å². The van der Waals surface area contributed by atoms with Gasteiger partial charge in [0.05, 0.1) is 19.8 Å². The molecule has 1 aromatic heterocycles. The maximum absolute atomic E-state index is 11.6. The van der Waals surface area contributed by atoms with Crippen LogP contribution < -0.4 is 5.32 Å². The van der Waals surface area contributed by atoms with Crippen LogP contribution in [0.4, 0.5) is 10.6 Å². The minimum atomic E-state index is -0.542. The molecular formula is C14H22N2O4. The van der Waals surface area contributed by atoms with Crippen LogP contribution in [0.3, 0.4) is 0 Å². The van der Waals surface area contributed by atoms with E-state index in [1.165, 1.54) is 0 Å². The third-order valence-corrected chi connectivity index (χ3v) is 2.22. The lowest BCUT2D eigenvalue weighted by atomic mass is 10.2. The molecule has 0 radical (unpaired) electrons. The number of anilines is 1. The summed E-state index contributed by atoms with van der Waals surface area (Å²) in [6.45, 7) is 6.26. The Labute approximate surface area is 119 Å². The van der Waals surface area contributed by atoms with E-state index in [0.29, 0.717) is 25.5 Å². The summed E-state index contributed by atoms with van der Waals surface area (Å²) < 4.78 is 10.3. The van der Waals surface area contributed by atoms with E-state index in [4.69, 9.17) is 14.6 Å². The van der Waals surface area contributed by atoms with Gasteiger partial charge in [-0.05, 0) is 44.9 Å². The van der Waals surface area contributed by atoms with Gasteiger partial charge in [-0.3, -0.25) is 5.32 Å². The largest absolute Gasteiger partial charge is 0.444 e. The van der Waals surface area contributed by atoms with Crippen LogP contribution in [0, 0.1) is 0 Å². The number of hydrogen-bond acceptors (Lipinski definition) is 5. The Morgan fingerprint density at radius 2 is 2.15 bits per heavy atom. The van der Waals surface area contributed by atoms with Crippen molar-refractivity contribution < 1.29 is 19.4 Å². The molecule has 6 nitrogen and oxygen atoms in total. The van der Waals surface area contributed by atoms with Crippen molar-refractivity contribution in [2.75, 3.05) is 25.1 Å². The highest BCUT2D eigenvalue weighted by Gasteiger charge is 2.16. The van der Waals surface area contributed by atoms with Gasteiger partial charge in [0.1, 0.15) is 11.4 Å². The molecule has 112 valence electrons. The molecule has 0 spiro atoms. The first-order valence-electron chi connectivity index (χ1n) is 6.54. The van der Waals surface area contributed by atoms with E-state index in [2.05, 4.69) is 10.3 Å². The fraction of sp³-hybridized carbons (Fsp3) is 0.571. The van der Waals surface area contributed by atoms with Crippen molar-refractivity contribution in [1.29, 1.82) is 0 Å². The van der Waals surface area contributed by atoms with Gasteiger partial charge in [0.2, 0.25) is 0 Å². The van der Waals surface area contributed by atoms with Crippen molar-refractivity contribution in [3.05, 3.63) is 23.9 Å². The van der Waals surface area contributed by atoms with Crippen LogP contribution in [0.25, 0.3) is 0 Å². The fourth-order valence-corrected chi connectivity index (χ4v) is 1.46. The molecule has 0 aromatic carbocycles. The lowest BCUT2D eigenvalue weighted by molar-refractivity contribution is 0.0635. The van der Waals surface area contributed by atoms with E-state index in [1.807, 2.05) is 6.07 Å². The third kappa shape index (κ3) is 7.06. The van der Waals surface area contributed by atoms with Crippen molar-refractivity contribution in [1.82, 2.24) is 4.98 Å². The Bertz CT molecular complexity index is 429. The topological polar surface area (TPSA) is 80.7 Å². The first kappa shape index (κ1) is 16.4. The number of aliphatic hydroxyl groups excluding tert-OH is 1.